The molecule has 2 aromatic rings. The molecule has 11 heteroatoms. The van der Waals surface area contributed by atoms with Crippen molar-refractivity contribution < 1.29 is 33.8 Å². The molecule has 7 atom stereocenters. The summed E-state index contributed by atoms with van der Waals surface area (Å²) in [6.07, 6.45) is 4.02. The minimum atomic E-state index is -1.30. The zero-order valence-electron chi connectivity index (χ0n) is 30.0. The molecule has 51 heavy (non-hydrogen) atoms. The van der Waals surface area contributed by atoms with Crippen LogP contribution in [0, 0.1) is 11.8 Å². The predicted octanol–water partition coefficient (Wildman–Crippen LogP) is 4.04. The number of nitrogens with zero attached hydrogens (tertiary/aromatic N) is 3. The molecule has 3 amide bonds. The van der Waals surface area contributed by atoms with E-state index in [1.54, 1.807) is 24.0 Å². The van der Waals surface area contributed by atoms with E-state index in [0.29, 0.717) is 31.4 Å². The highest BCUT2D eigenvalue weighted by atomic mass is 16.6. The minimum absolute atomic E-state index is 0.115. The number of hydrogen-bond acceptors (Lipinski definition) is 8. The summed E-state index contributed by atoms with van der Waals surface area (Å²) in [4.78, 5) is 61.2. The number of benzene rings is 2. The Hall–Kier alpha value is -4.48. The number of fused-ring (bicyclic) bond motifs is 1. The second kappa shape index (κ2) is 16.7. The van der Waals surface area contributed by atoms with E-state index in [4.69, 9.17) is 9.47 Å². The fourth-order valence-electron chi connectivity index (χ4n) is 8.10. The average molecular weight is 701 g/mol. The number of aliphatic hydroxyl groups excluding tert-OH is 1. The maximum Gasteiger partial charge on any atom is 0.312 e. The van der Waals surface area contributed by atoms with Crippen LogP contribution in [0.2, 0.25) is 0 Å². The maximum atomic E-state index is 15.0. The molecule has 11 nitrogen and oxygen atoms in total. The van der Waals surface area contributed by atoms with Gasteiger partial charge in [0.2, 0.25) is 11.8 Å². The Morgan fingerprint density at radius 2 is 1.76 bits per heavy atom. The quantitative estimate of drug-likeness (QED) is 0.176. The first-order valence-corrected chi connectivity index (χ1v) is 18.1. The molecular weight excluding hydrogens is 648 g/mol. The molecule has 5 rings (SSSR count). The van der Waals surface area contributed by atoms with Gasteiger partial charge in [-0.3, -0.25) is 19.2 Å². The molecule has 0 aliphatic carbocycles. The average Bonchev–Trinajstić information content (AvgIpc) is 3.79. The van der Waals surface area contributed by atoms with Crippen molar-refractivity contribution in [2.75, 3.05) is 42.6 Å². The lowest BCUT2D eigenvalue weighted by molar-refractivity contribution is -0.159. The first-order valence-electron chi connectivity index (χ1n) is 18.1. The van der Waals surface area contributed by atoms with Crippen LogP contribution in [0.5, 0.6) is 0 Å². The Bertz CT molecular complexity index is 1560. The highest BCUT2D eigenvalue weighted by molar-refractivity contribution is 6.05. The topological polar surface area (TPSA) is 129 Å². The Kier molecular flexibility index (Phi) is 12.4. The fraction of sp³-hybridized carbons (Fsp3) is 0.500. The summed E-state index contributed by atoms with van der Waals surface area (Å²) >= 11 is 0. The fourth-order valence-corrected chi connectivity index (χ4v) is 8.10. The van der Waals surface area contributed by atoms with Crippen LogP contribution in [0.1, 0.15) is 52.0 Å². The summed E-state index contributed by atoms with van der Waals surface area (Å²) < 4.78 is 12.5. The summed E-state index contributed by atoms with van der Waals surface area (Å²) in [5, 5.41) is 13.6. The number of amides is 3. The second-order valence-corrected chi connectivity index (χ2v) is 13.6. The van der Waals surface area contributed by atoms with Gasteiger partial charge in [-0.05, 0) is 76.3 Å². The van der Waals surface area contributed by atoms with Crippen molar-refractivity contribution in [2.45, 2.75) is 82.8 Å². The van der Waals surface area contributed by atoms with Gasteiger partial charge in [0.25, 0.3) is 5.91 Å². The van der Waals surface area contributed by atoms with Gasteiger partial charge in [-0.15, -0.1) is 13.2 Å². The molecule has 0 radical (unpaired) electrons. The van der Waals surface area contributed by atoms with Crippen LogP contribution in [0.3, 0.4) is 0 Å². The molecular formula is C40H52N4O7. The summed E-state index contributed by atoms with van der Waals surface area (Å²) in [5.41, 5.74) is 1.26. The van der Waals surface area contributed by atoms with Crippen LogP contribution in [-0.2, 0) is 35.1 Å². The van der Waals surface area contributed by atoms with E-state index in [1.807, 2.05) is 54.6 Å². The van der Waals surface area contributed by atoms with Crippen molar-refractivity contribution in [1.82, 2.24) is 10.2 Å². The van der Waals surface area contributed by atoms with Crippen LogP contribution in [0.25, 0.3) is 0 Å². The third-order valence-electron chi connectivity index (χ3n) is 10.5. The number of carbonyl (C=O) groups is 4. The van der Waals surface area contributed by atoms with Crippen LogP contribution in [-0.4, -0.2) is 96.4 Å². The molecule has 2 aromatic carbocycles. The van der Waals surface area contributed by atoms with Crippen molar-refractivity contribution in [1.29, 1.82) is 0 Å². The van der Waals surface area contributed by atoms with Gasteiger partial charge in [-0.25, -0.2) is 0 Å². The molecule has 1 spiro atoms. The molecule has 0 saturated carbocycles. The van der Waals surface area contributed by atoms with Gasteiger partial charge >= 0.3 is 5.97 Å². The molecule has 3 aliphatic rings. The summed E-state index contributed by atoms with van der Waals surface area (Å²) in [5.74, 6) is -3.47. The zero-order valence-corrected chi connectivity index (χ0v) is 30.0. The smallest absolute Gasteiger partial charge is 0.312 e. The third-order valence-corrected chi connectivity index (χ3v) is 10.5. The number of carbonyl (C=O) groups excluding carboxylic acids is 4. The molecule has 274 valence electrons. The highest BCUT2D eigenvalue weighted by Crippen LogP contribution is 2.59. The molecule has 0 aromatic heterocycles. The number of hydrogen-bond donors (Lipinski definition) is 2. The van der Waals surface area contributed by atoms with E-state index < -0.39 is 60.2 Å². The number of nitrogens with one attached hydrogen (secondary N) is 1. The van der Waals surface area contributed by atoms with Crippen molar-refractivity contribution in [3.63, 3.8) is 0 Å². The lowest BCUT2D eigenvalue weighted by Gasteiger charge is -2.39. The first kappa shape index (κ1) is 37.8. The summed E-state index contributed by atoms with van der Waals surface area (Å²) in [6, 6.07) is 15.4. The number of rotatable bonds is 18. The molecule has 3 saturated heterocycles. The second-order valence-electron chi connectivity index (χ2n) is 13.6. The Morgan fingerprint density at radius 3 is 2.39 bits per heavy atom. The maximum absolute atomic E-state index is 15.0. The van der Waals surface area contributed by atoms with Crippen LogP contribution in [0.15, 0.2) is 79.9 Å². The van der Waals surface area contributed by atoms with E-state index in [-0.39, 0.29) is 31.3 Å². The lowest BCUT2D eigenvalue weighted by Crippen LogP contribution is -2.59. The van der Waals surface area contributed by atoms with Crippen molar-refractivity contribution in [3.8, 4) is 0 Å². The Balaban J connectivity index is 1.48. The Morgan fingerprint density at radius 1 is 1.08 bits per heavy atom. The minimum Gasteiger partial charge on any atom is -0.460 e. The first-order chi connectivity index (χ1) is 24.6. The lowest BCUT2D eigenvalue weighted by atomic mass is 9.70. The van der Waals surface area contributed by atoms with Crippen molar-refractivity contribution >= 4 is 35.1 Å². The van der Waals surface area contributed by atoms with E-state index in [9.17, 15) is 19.5 Å². The van der Waals surface area contributed by atoms with Crippen molar-refractivity contribution in [2.24, 2.45) is 11.8 Å². The van der Waals surface area contributed by atoms with Crippen LogP contribution >= 0.6 is 0 Å². The number of aliphatic hydroxyl groups is 1. The number of anilines is 2. The number of esters is 1. The standard InChI is InChI=1S/C40H52N4O7/c1-6-10-16-33(46)41-25-27(5)50-39(49)34-32-21-22-40(51-32)35(34)37(47)44(31(26-45)24-28-14-12-11-13-15-28)36(40)38(48)43(23-7-2)30-19-17-29(18-20-30)42(8-3)9-4/h6-7,11-15,17-20,27,31-32,34-36,45H,1-2,8-10,16,21-26H2,3-5H3,(H,41,46)/t27-,31+,32+,34-,35-,36+,40-/m0/s1. The van der Waals surface area contributed by atoms with Gasteiger partial charge < -0.3 is 34.6 Å². The molecule has 2 bridgehead atoms. The van der Waals surface area contributed by atoms with Gasteiger partial charge in [0.1, 0.15) is 17.7 Å². The number of ether oxygens (including phenoxy) is 2. The van der Waals surface area contributed by atoms with Crippen LogP contribution < -0.4 is 15.1 Å². The van der Waals surface area contributed by atoms with Gasteiger partial charge in [0.05, 0.1) is 37.1 Å². The molecule has 3 aliphatic heterocycles. The van der Waals surface area contributed by atoms with E-state index in [2.05, 4.69) is 37.2 Å². The third kappa shape index (κ3) is 7.60. The van der Waals surface area contributed by atoms with Gasteiger partial charge in [-0.2, -0.15) is 0 Å². The van der Waals surface area contributed by atoms with Gasteiger partial charge in [-0.1, -0.05) is 42.5 Å². The zero-order chi connectivity index (χ0) is 36.7. The van der Waals surface area contributed by atoms with Gasteiger partial charge in [0.15, 0.2) is 0 Å². The summed E-state index contributed by atoms with van der Waals surface area (Å²) in [6.45, 7) is 15.0. The van der Waals surface area contributed by atoms with E-state index in [1.165, 1.54) is 4.90 Å². The summed E-state index contributed by atoms with van der Waals surface area (Å²) in [7, 11) is 0. The SMILES string of the molecule is C=CCCC(=O)NC[C@H](C)OC(=O)[C@@H]1[C@H]2C(=O)N([C@@H](CO)Cc3ccccc3)[C@H](C(=O)N(CC=C)c3ccc(N(CC)CC)cc3)[C@]23CC[C@H]1O3. The highest BCUT2D eigenvalue weighted by Gasteiger charge is 2.75. The number of likely N-dealkylation sites (tertiary alicyclic amines) is 1. The molecule has 3 heterocycles. The predicted molar refractivity (Wildman–Crippen MR) is 196 cm³/mol. The molecule has 0 unspecified atom stereocenters. The number of allylic oxidation sites excluding steroid dienone is 1. The largest absolute Gasteiger partial charge is 0.460 e. The van der Waals surface area contributed by atoms with Crippen molar-refractivity contribution in [3.05, 3.63) is 85.5 Å². The monoisotopic (exact) mass is 700 g/mol. The normalized spacial score (nSPS) is 24.4. The van der Waals surface area contributed by atoms with E-state index in [0.717, 1.165) is 24.3 Å². The molecule has 2 N–H and O–H groups in total. The Labute approximate surface area is 301 Å². The van der Waals surface area contributed by atoms with Crippen LogP contribution in [0.4, 0.5) is 11.4 Å². The van der Waals surface area contributed by atoms with Gasteiger partial charge in [0, 0.05) is 37.4 Å². The molecule has 3 fully saturated rings. The van der Waals surface area contributed by atoms with E-state index >= 15 is 4.79 Å².